The fourth-order valence-electron chi connectivity index (χ4n) is 2.64. The maximum Gasteiger partial charge on any atom is 0.321 e. The molecule has 0 saturated heterocycles. The van der Waals surface area contributed by atoms with E-state index >= 15 is 0 Å². The van der Waals surface area contributed by atoms with Crippen LogP contribution in [0.5, 0.6) is 0 Å². The summed E-state index contributed by atoms with van der Waals surface area (Å²) >= 11 is 6.27. The van der Waals surface area contributed by atoms with Crippen molar-refractivity contribution in [3.63, 3.8) is 0 Å². The van der Waals surface area contributed by atoms with Crippen LogP contribution in [0, 0.1) is 0 Å². The SMILES string of the molecule is CCNC(=O)NC(=O)[C@H]([NH2+][C@H](C)c1ccccc1Cl)c1ccccc1. The standard InChI is InChI=1S/C19H22ClN3O2/c1-3-21-19(25)23-18(24)17(14-9-5-4-6-10-14)22-13(2)15-11-7-8-12-16(15)20/h4-13,17,22H,3H2,1-2H3,(H2,21,23,24,25)/p+1/t13-,17-/m1/s1. The molecule has 0 spiro atoms. The molecule has 2 atom stereocenters. The molecule has 4 N–H and O–H groups in total. The van der Waals surface area contributed by atoms with Crippen molar-refractivity contribution in [1.82, 2.24) is 10.6 Å². The molecule has 6 heteroatoms. The highest BCUT2D eigenvalue weighted by Gasteiger charge is 2.28. The Bertz CT molecular complexity index is 722. The first-order valence-electron chi connectivity index (χ1n) is 8.26. The molecule has 0 radical (unpaired) electrons. The number of hydrogen-bond acceptors (Lipinski definition) is 2. The number of carbonyl (C=O) groups is 2. The Balaban J connectivity index is 2.22. The zero-order valence-corrected chi connectivity index (χ0v) is 15.1. The van der Waals surface area contributed by atoms with Crippen LogP contribution in [0.4, 0.5) is 4.79 Å². The van der Waals surface area contributed by atoms with Crippen LogP contribution in [-0.4, -0.2) is 18.5 Å². The first-order chi connectivity index (χ1) is 12.0. The quantitative estimate of drug-likeness (QED) is 0.740. The van der Waals surface area contributed by atoms with E-state index in [1.807, 2.05) is 66.8 Å². The Kier molecular flexibility index (Phi) is 6.98. The number of rotatable bonds is 6. The topological polar surface area (TPSA) is 74.8 Å². The summed E-state index contributed by atoms with van der Waals surface area (Å²) < 4.78 is 0. The lowest BCUT2D eigenvalue weighted by molar-refractivity contribution is -0.719. The van der Waals surface area contributed by atoms with Gasteiger partial charge >= 0.3 is 6.03 Å². The molecule has 0 heterocycles. The van der Waals surface area contributed by atoms with E-state index in [9.17, 15) is 9.59 Å². The third-order valence-corrected chi connectivity index (χ3v) is 4.24. The third-order valence-electron chi connectivity index (χ3n) is 3.89. The molecule has 2 aromatic carbocycles. The highest BCUT2D eigenvalue weighted by atomic mass is 35.5. The molecule has 0 saturated carbocycles. The van der Waals surface area contributed by atoms with Gasteiger partial charge in [0.15, 0.2) is 6.04 Å². The zero-order chi connectivity index (χ0) is 18.2. The van der Waals surface area contributed by atoms with Crippen LogP contribution in [-0.2, 0) is 4.79 Å². The van der Waals surface area contributed by atoms with Gasteiger partial charge in [-0.2, -0.15) is 0 Å². The maximum absolute atomic E-state index is 12.6. The number of carbonyl (C=O) groups excluding carboxylic acids is 2. The molecule has 0 aromatic heterocycles. The van der Waals surface area contributed by atoms with E-state index in [1.165, 1.54) is 0 Å². The maximum atomic E-state index is 12.6. The van der Waals surface area contributed by atoms with Gasteiger partial charge in [0, 0.05) is 22.7 Å². The van der Waals surface area contributed by atoms with E-state index < -0.39 is 12.1 Å². The first kappa shape index (κ1) is 19.0. The summed E-state index contributed by atoms with van der Waals surface area (Å²) in [6, 6.07) is 15.8. The van der Waals surface area contributed by atoms with Gasteiger partial charge in [-0.1, -0.05) is 60.1 Å². The summed E-state index contributed by atoms with van der Waals surface area (Å²) in [5, 5.41) is 7.53. The Labute approximate surface area is 152 Å². The largest absolute Gasteiger partial charge is 0.338 e. The number of quaternary nitrogens is 1. The number of nitrogens with two attached hydrogens (primary N) is 1. The predicted molar refractivity (Wildman–Crippen MR) is 98.2 cm³/mol. The minimum atomic E-state index is -0.560. The summed E-state index contributed by atoms with van der Waals surface area (Å²) in [7, 11) is 0. The van der Waals surface area contributed by atoms with Crippen LogP contribution in [0.3, 0.4) is 0 Å². The van der Waals surface area contributed by atoms with Crippen molar-refractivity contribution in [3.05, 3.63) is 70.7 Å². The van der Waals surface area contributed by atoms with Crippen LogP contribution in [0.25, 0.3) is 0 Å². The molecule has 2 rings (SSSR count). The van der Waals surface area contributed by atoms with Crippen molar-refractivity contribution < 1.29 is 14.9 Å². The highest BCUT2D eigenvalue weighted by molar-refractivity contribution is 6.31. The minimum Gasteiger partial charge on any atom is -0.338 e. The van der Waals surface area contributed by atoms with Crippen LogP contribution in [0.2, 0.25) is 5.02 Å². The van der Waals surface area contributed by atoms with E-state index in [1.54, 1.807) is 6.92 Å². The summed E-state index contributed by atoms with van der Waals surface area (Å²) in [6.07, 6.45) is 0. The molecule has 0 bridgehead atoms. The molecule has 3 amide bonds. The number of urea groups is 1. The fourth-order valence-corrected chi connectivity index (χ4v) is 2.95. The van der Waals surface area contributed by atoms with Crippen LogP contribution < -0.4 is 16.0 Å². The molecule has 0 fully saturated rings. The van der Waals surface area contributed by atoms with Gasteiger partial charge in [0.25, 0.3) is 5.91 Å². The second kappa shape index (κ2) is 9.20. The monoisotopic (exact) mass is 360 g/mol. The molecule has 2 aromatic rings. The Morgan fingerprint density at radius 1 is 1.08 bits per heavy atom. The van der Waals surface area contributed by atoms with E-state index in [0.29, 0.717) is 11.6 Å². The van der Waals surface area contributed by atoms with E-state index in [0.717, 1.165) is 11.1 Å². The number of benzene rings is 2. The van der Waals surface area contributed by atoms with Crippen LogP contribution >= 0.6 is 11.6 Å². The van der Waals surface area contributed by atoms with Crippen molar-refractivity contribution >= 4 is 23.5 Å². The van der Waals surface area contributed by atoms with E-state index in [-0.39, 0.29) is 11.9 Å². The number of hydrogen-bond donors (Lipinski definition) is 3. The summed E-state index contributed by atoms with van der Waals surface area (Å²) in [5.74, 6) is -0.365. The van der Waals surface area contributed by atoms with Crippen molar-refractivity contribution in [2.45, 2.75) is 25.9 Å². The molecule has 25 heavy (non-hydrogen) atoms. The van der Waals surface area contributed by atoms with Gasteiger partial charge in [0.05, 0.1) is 0 Å². The number of imide groups is 1. The normalized spacial score (nSPS) is 12.9. The Morgan fingerprint density at radius 3 is 2.36 bits per heavy atom. The average molecular weight is 361 g/mol. The first-order valence-corrected chi connectivity index (χ1v) is 8.63. The number of halogens is 1. The second-order valence-electron chi connectivity index (χ2n) is 5.74. The van der Waals surface area contributed by atoms with Gasteiger partial charge in [0.1, 0.15) is 6.04 Å². The molecule has 5 nitrogen and oxygen atoms in total. The predicted octanol–water partition coefficient (Wildman–Crippen LogP) is 2.55. The van der Waals surface area contributed by atoms with Gasteiger partial charge in [-0.3, -0.25) is 10.1 Å². The molecule has 0 aliphatic carbocycles. The summed E-state index contributed by atoms with van der Waals surface area (Å²) in [5.41, 5.74) is 1.76. The van der Waals surface area contributed by atoms with E-state index in [4.69, 9.17) is 11.6 Å². The molecular formula is C19H23ClN3O2+. The van der Waals surface area contributed by atoms with Gasteiger partial charge in [-0.05, 0) is 19.9 Å². The summed E-state index contributed by atoms with van der Waals surface area (Å²) in [4.78, 5) is 24.4. The molecular weight excluding hydrogens is 338 g/mol. The van der Waals surface area contributed by atoms with Crippen molar-refractivity contribution in [2.75, 3.05) is 6.54 Å². The van der Waals surface area contributed by atoms with Gasteiger partial charge in [0.2, 0.25) is 0 Å². The lowest BCUT2D eigenvalue weighted by Gasteiger charge is -2.20. The lowest BCUT2D eigenvalue weighted by Crippen LogP contribution is -2.88. The molecule has 0 aliphatic heterocycles. The fraction of sp³-hybridized carbons (Fsp3) is 0.263. The van der Waals surface area contributed by atoms with Crippen LogP contribution in [0.1, 0.15) is 37.1 Å². The van der Waals surface area contributed by atoms with Crippen LogP contribution in [0.15, 0.2) is 54.6 Å². The highest BCUT2D eigenvalue weighted by Crippen LogP contribution is 2.21. The number of amides is 3. The molecule has 0 unspecified atom stereocenters. The van der Waals surface area contributed by atoms with Gasteiger partial charge in [-0.25, -0.2) is 4.79 Å². The summed E-state index contributed by atoms with van der Waals surface area (Å²) in [6.45, 7) is 4.23. The molecule has 0 aliphatic rings. The van der Waals surface area contributed by atoms with Gasteiger partial charge < -0.3 is 10.6 Å². The smallest absolute Gasteiger partial charge is 0.321 e. The number of nitrogens with one attached hydrogen (secondary N) is 2. The second-order valence-corrected chi connectivity index (χ2v) is 6.15. The van der Waals surface area contributed by atoms with Crippen molar-refractivity contribution in [2.24, 2.45) is 0 Å². The zero-order valence-electron chi connectivity index (χ0n) is 14.3. The third kappa shape index (κ3) is 5.31. The Morgan fingerprint density at radius 2 is 1.72 bits per heavy atom. The lowest BCUT2D eigenvalue weighted by atomic mass is 10.0. The van der Waals surface area contributed by atoms with E-state index in [2.05, 4.69) is 10.6 Å². The minimum absolute atomic E-state index is 0.0566. The molecule has 132 valence electrons. The van der Waals surface area contributed by atoms with Gasteiger partial charge in [-0.15, -0.1) is 0 Å². The van der Waals surface area contributed by atoms with Crippen molar-refractivity contribution in [3.8, 4) is 0 Å². The van der Waals surface area contributed by atoms with Crippen molar-refractivity contribution in [1.29, 1.82) is 0 Å². The Hall–Kier alpha value is -2.37. The average Bonchev–Trinajstić information content (AvgIpc) is 2.60.